The fourth-order valence-electron chi connectivity index (χ4n) is 5.66. The maximum absolute atomic E-state index is 13.3. The number of sulfonamides is 1. The second-order valence-corrected chi connectivity index (χ2v) is 13.9. The quantitative estimate of drug-likeness (QED) is 0.250. The molecular weight excluding hydrogens is 559 g/mol. The van der Waals surface area contributed by atoms with E-state index in [1.54, 1.807) is 24.4 Å². The number of nitrogens with zero attached hydrogens (tertiary/aromatic N) is 3. The Hall–Kier alpha value is -2.32. The summed E-state index contributed by atoms with van der Waals surface area (Å²) in [5.41, 5.74) is 1.18. The Morgan fingerprint density at radius 2 is 1.90 bits per heavy atom. The first-order valence-electron chi connectivity index (χ1n) is 13.4. The summed E-state index contributed by atoms with van der Waals surface area (Å²) >= 11 is 2.84. The minimum atomic E-state index is -3.95. The number of hydrogen-bond acceptors (Lipinski definition) is 11. The van der Waals surface area contributed by atoms with Gasteiger partial charge in [-0.3, -0.25) is 4.79 Å². The second kappa shape index (κ2) is 11.3. The van der Waals surface area contributed by atoms with Gasteiger partial charge < -0.3 is 15.2 Å². The fourth-order valence-corrected chi connectivity index (χ4v) is 8.87. The molecule has 39 heavy (non-hydrogen) atoms. The van der Waals surface area contributed by atoms with Gasteiger partial charge in [0.25, 0.3) is 0 Å². The predicted octanol–water partition coefficient (Wildman–Crippen LogP) is 3.52. The number of nitrogens with one attached hydrogen (secondary N) is 2. The van der Waals surface area contributed by atoms with Crippen molar-refractivity contribution in [1.29, 1.82) is 0 Å². The number of benzene rings is 1. The molecule has 1 saturated carbocycles. The molecule has 0 spiro atoms. The van der Waals surface area contributed by atoms with Crippen molar-refractivity contribution < 1.29 is 23.1 Å². The molecule has 0 radical (unpaired) electrons. The van der Waals surface area contributed by atoms with Crippen LogP contribution in [0.3, 0.4) is 0 Å². The number of aromatic hydroxyl groups is 1. The van der Waals surface area contributed by atoms with Gasteiger partial charge in [0.05, 0.1) is 23.3 Å². The number of phenols is 1. The molecular formula is C26H31N5O5S3. The van der Waals surface area contributed by atoms with Gasteiger partial charge in [-0.1, -0.05) is 0 Å². The second-order valence-electron chi connectivity index (χ2n) is 10.5. The standard InChI is InChI=1S/C26H31N5O5S3/c32-21-8-7-19-23(30-38-29-19)25(21)39(34,35)31-16-5-3-15(4-6-16)14-20-22(28-20)24(33)18-2-1-11-27-26(18)36-17-9-12-37-13-10-17/h1-2,7-8,11,15-17,20,22,28,31-32H,3-6,9-10,12-14H2. The van der Waals surface area contributed by atoms with Crippen LogP contribution in [-0.4, -0.2) is 68.8 Å². The molecule has 2 aromatic heterocycles. The van der Waals surface area contributed by atoms with Gasteiger partial charge in [-0.2, -0.15) is 20.5 Å². The molecule has 6 rings (SSSR count). The van der Waals surface area contributed by atoms with Gasteiger partial charge in [-0.15, -0.1) is 0 Å². The molecule has 3 aliphatic rings. The number of hydrogen-bond donors (Lipinski definition) is 3. The van der Waals surface area contributed by atoms with Crippen molar-refractivity contribution in [2.24, 2.45) is 5.92 Å². The monoisotopic (exact) mass is 589 g/mol. The average Bonchev–Trinajstić information content (AvgIpc) is 3.54. The van der Waals surface area contributed by atoms with Crippen molar-refractivity contribution in [1.82, 2.24) is 23.8 Å². The molecule has 3 aromatic rings. The molecule has 2 unspecified atom stereocenters. The van der Waals surface area contributed by atoms with E-state index in [-0.39, 0.29) is 46.2 Å². The van der Waals surface area contributed by atoms with Crippen LogP contribution >= 0.6 is 23.5 Å². The third kappa shape index (κ3) is 5.92. The number of fused-ring (bicyclic) bond motifs is 1. The van der Waals surface area contributed by atoms with Crippen LogP contribution in [0.2, 0.25) is 0 Å². The third-order valence-corrected chi connectivity index (χ3v) is 11.0. The molecule has 2 saturated heterocycles. The Labute approximate surface area is 235 Å². The van der Waals surface area contributed by atoms with Crippen molar-refractivity contribution in [2.45, 2.75) is 74.1 Å². The van der Waals surface area contributed by atoms with E-state index in [9.17, 15) is 18.3 Å². The number of phenolic OH excluding ortho intramolecular Hbond substituents is 1. The summed E-state index contributed by atoms with van der Waals surface area (Å²) in [6.45, 7) is 0. The number of carbonyl (C=O) groups is 1. The molecule has 3 fully saturated rings. The van der Waals surface area contributed by atoms with E-state index in [0.29, 0.717) is 35.7 Å². The van der Waals surface area contributed by atoms with Gasteiger partial charge in [0.15, 0.2) is 10.7 Å². The summed E-state index contributed by atoms with van der Waals surface area (Å²) in [4.78, 5) is 17.4. The summed E-state index contributed by atoms with van der Waals surface area (Å²) in [5, 5.41) is 13.6. The van der Waals surface area contributed by atoms with E-state index >= 15 is 0 Å². The maximum atomic E-state index is 13.3. The zero-order valence-electron chi connectivity index (χ0n) is 21.3. The fraction of sp³-hybridized carbons (Fsp3) is 0.538. The molecule has 4 heterocycles. The Balaban J connectivity index is 1.02. The predicted molar refractivity (Wildman–Crippen MR) is 150 cm³/mol. The normalized spacial score (nSPS) is 25.9. The smallest absolute Gasteiger partial charge is 0.246 e. The van der Waals surface area contributed by atoms with E-state index in [1.165, 1.54) is 6.07 Å². The number of pyridine rings is 1. The number of ketones is 1. The van der Waals surface area contributed by atoms with Crippen molar-refractivity contribution in [3.8, 4) is 11.6 Å². The third-order valence-electron chi connectivity index (χ3n) is 7.84. The Kier molecular flexibility index (Phi) is 7.77. The van der Waals surface area contributed by atoms with Crippen LogP contribution in [0.15, 0.2) is 35.4 Å². The highest BCUT2D eigenvalue weighted by atomic mass is 32.2. The average molecular weight is 590 g/mol. The van der Waals surface area contributed by atoms with Crippen LogP contribution in [0.1, 0.15) is 55.3 Å². The first kappa shape index (κ1) is 26.9. The topological polar surface area (TPSA) is 153 Å². The molecule has 2 atom stereocenters. The number of aromatic nitrogens is 3. The van der Waals surface area contributed by atoms with Gasteiger partial charge in [-0.05, 0) is 86.6 Å². The molecule has 13 heteroatoms. The minimum absolute atomic E-state index is 0.0280. The van der Waals surface area contributed by atoms with Gasteiger partial charge in [0.2, 0.25) is 15.9 Å². The lowest BCUT2D eigenvalue weighted by molar-refractivity contribution is 0.0976. The summed E-state index contributed by atoms with van der Waals surface area (Å²) in [6.07, 6.45) is 7.71. The van der Waals surface area contributed by atoms with Crippen molar-refractivity contribution >= 4 is 50.3 Å². The lowest BCUT2D eigenvalue weighted by atomic mass is 9.83. The van der Waals surface area contributed by atoms with Gasteiger partial charge in [0.1, 0.15) is 22.9 Å². The van der Waals surface area contributed by atoms with Gasteiger partial charge in [-0.25, -0.2) is 18.1 Å². The van der Waals surface area contributed by atoms with Crippen molar-refractivity contribution in [2.75, 3.05) is 11.5 Å². The lowest BCUT2D eigenvalue weighted by Gasteiger charge is -2.29. The highest BCUT2D eigenvalue weighted by molar-refractivity contribution is 7.99. The molecule has 3 N–H and O–H groups in total. The first-order valence-corrected chi connectivity index (χ1v) is 16.7. The van der Waals surface area contributed by atoms with Crippen LogP contribution in [-0.2, 0) is 10.0 Å². The van der Waals surface area contributed by atoms with Crippen LogP contribution in [0.4, 0.5) is 0 Å². The highest BCUT2D eigenvalue weighted by Gasteiger charge is 2.45. The van der Waals surface area contributed by atoms with Crippen LogP contribution in [0.5, 0.6) is 11.6 Å². The van der Waals surface area contributed by atoms with E-state index in [0.717, 1.165) is 55.3 Å². The highest BCUT2D eigenvalue weighted by Crippen LogP contribution is 2.35. The van der Waals surface area contributed by atoms with Crippen LogP contribution in [0, 0.1) is 5.92 Å². The zero-order valence-corrected chi connectivity index (χ0v) is 23.7. The maximum Gasteiger partial charge on any atom is 0.246 e. The summed E-state index contributed by atoms with van der Waals surface area (Å²) < 4.78 is 43.3. The van der Waals surface area contributed by atoms with E-state index < -0.39 is 10.0 Å². The van der Waals surface area contributed by atoms with Gasteiger partial charge >= 0.3 is 0 Å². The number of rotatable bonds is 9. The SMILES string of the molecule is O=C(c1cccnc1OC1CCSCC1)C1NC1CC1CCC(NS(=O)(=O)c2c(O)ccc3nsnc23)CC1. The minimum Gasteiger partial charge on any atom is -0.506 e. The zero-order chi connectivity index (χ0) is 27.0. The molecule has 2 aliphatic heterocycles. The van der Waals surface area contributed by atoms with Crippen molar-refractivity contribution in [3.05, 3.63) is 36.0 Å². The van der Waals surface area contributed by atoms with Crippen LogP contribution < -0.4 is 14.8 Å². The molecule has 10 nitrogen and oxygen atoms in total. The Bertz CT molecular complexity index is 1450. The first-order chi connectivity index (χ1) is 18.9. The van der Waals surface area contributed by atoms with Crippen LogP contribution in [0.25, 0.3) is 11.0 Å². The number of carbonyl (C=O) groups excluding carboxylic acids is 1. The summed E-state index contributed by atoms with van der Waals surface area (Å²) in [7, 11) is -3.95. The summed E-state index contributed by atoms with van der Waals surface area (Å²) in [5.74, 6) is 2.68. The summed E-state index contributed by atoms with van der Waals surface area (Å²) in [6, 6.07) is 6.14. The number of thioether (sulfide) groups is 1. The Morgan fingerprint density at radius 1 is 1.10 bits per heavy atom. The van der Waals surface area contributed by atoms with E-state index in [2.05, 4.69) is 23.8 Å². The van der Waals surface area contributed by atoms with E-state index in [4.69, 9.17) is 4.74 Å². The van der Waals surface area contributed by atoms with Crippen molar-refractivity contribution in [3.63, 3.8) is 0 Å². The molecule has 0 amide bonds. The molecule has 1 aromatic carbocycles. The molecule has 0 bridgehead atoms. The Morgan fingerprint density at radius 3 is 2.69 bits per heavy atom. The molecule has 208 valence electrons. The molecule has 1 aliphatic carbocycles. The van der Waals surface area contributed by atoms with E-state index in [1.807, 2.05) is 11.8 Å². The largest absolute Gasteiger partial charge is 0.506 e. The number of Topliss-reactive ketones (excluding diaryl/α,β-unsaturated/α-hetero) is 1. The number of ether oxygens (including phenoxy) is 1. The van der Waals surface area contributed by atoms with Gasteiger partial charge in [0, 0.05) is 18.3 Å². The lowest BCUT2D eigenvalue weighted by Crippen LogP contribution is -2.38.